The Morgan fingerprint density at radius 3 is 1.32 bits per heavy atom. The quantitative estimate of drug-likeness (QED) is 0.742. The fraction of sp³-hybridized carbons (Fsp3) is 0.368. The number of aryl methyl sites for hydroxylation is 1. The van der Waals surface area contributed by atoms with Crippen molar-refractivity contribution in [2.24, 2.45) is 0 Å². The second-order valence-corrected chi connectivity index (χ2v) is 5.94. The Labute approximate surface area is 137 Å². The molecule has 0 bridgehead atoms. The van der Waals surface area contributed by atoms with E-state index in [0.29, 0.717) is 4.90 Å². The molecule has 0 fully saturated rings. The summed E-state index contributed by atoms with van der Waals surface area (Å²) in [6, 6.07) is 18.8. The van der Waals surface area contributed by atoms with Crippen molar-refractivity contribution in [3.05, 3.63) is 66.2 Å². The number of hydrogen-bond donors (Lipinski definition) is 0. The maximum atomic E-state index is 10.8. The molecule has 2 aromatic rings. The molecule has 2 rings (SSSR count). The number of benzene rings is 2. The molecule has 0 amide bonds. The molecule has 3 heteroatoms. The van der Waals surface area contributed by atoms with Crippen molar-refractivity contribution in [2.75, 3.05) is 6.26 Å². The zero-order valence-corrected chi connectivity index (χ0v) is 15.5. The first-order chi connectivity index (χ1) is 10.5. The lowest BCUT2D eigenvalue weighted by Gasteiger charge is -1.93. The Morgan fingerprint density at radius 1 is 0.727 bits per heavy atom. The summed E-state index contributed by atoms with van der Waals surface area (Å²) in [6.45, 7) is 10.2. The number of sulfone groups is 1. The van der Waals surface area contributed by atoms with E-state index < -0.39 is 9.84 Å². The van der Waals surface area contributed by atoms with Gasteiger partial charge in [0.25, 0.3) is 0 Å². The van der Waals surface area contributed by atoms with Gasteiger partial charge in [0.05, 0.1) is 4.90 Å². The lowest BCUT2D eigenvalue weighted by Crippen LogP contribution is -1.95. The normalized spacial score (nSPS) is 9.00. The van der Waals surface area contributed by atoms with Crippen LogP contribution >= 0.6 is 0 Å². The van der Waals surface area contributed by atoms with E-state index in [-0.39, 0.29) is 0 Å². The van der Waals surface area contributed by atoms with E-state index in [0.717, 1.165) is 6.42 Å². The van der Waals surface area contributed by atoms with Crippen molar-refractivity contribution >= 4 is 9.84 Å². The third kappa shape index (κ3) is 11.1. The molecule has 2 nitrogen and oxygen atoms in total. The molecule has 0 spiro atoms. The summed E-state index contributed by atoms with van der Waals surface area (Å²) >= 11 is 0. The summed E-state index contributed by atoms with van der Waals surface area (Å²) in [4.78, 5) is 0.370. The van der Waals surface area contributed by atoms with Crippen LogP contribution < -0.4 is 0 Å². The van der Waals surface area contributed by atoms with Crippen LogP contribution in [0.4, 0.5) is 0 Å². The standard InChI is InChI=1S/C8H10.C7H8O2S.2C2H6/c1-2-8-6-4-3-5-7-8;1-10(8,9)7-5-3-2-4-6-7;2*1-2/h3-7H,2H2,1H3;2-6H,1H3;2*1-2H3. The van der Waals surface area contributed by atoms with Crippen LogP contribution in [0.25, 0.3) is 0 Å². The maximum Gasteiger partial charge on any atom is 0.175 e. The number of hydrogen-bond acceptors (Lipinski definition) is 2. The molecule has 0 radical (unpaired) electrons. The molecule has 0 N–H and O–H groups in total. The molecule has 0 heterocycles. The van der Waals surface area contributed by atoms with Crippen LogP contribution in [0.5, 0.6) is 0 Å². The molecule has 2 aromatic carbocycles. The molecule has 0 aromatic heterocycles. The summed E-state index contributed by atoms with van der Waals surface area (Å²) < 4.78 is 21.7. The molecule has 0 saturated carbocycles. The van der Waals surface area contributed by atoms with Crippen molar-refractivity contribution < 1.29 is 8.42 Å². The highest BCUT2D eigenvalue weighted by Gasteiger charge is 2.02. The van der Waals surface area contributed by atoms with Gasteiger partial charge in [-0.15, -0.1) is 0 Å². The Hall–Kier alpha value is -1.61. The lowest BCUT2D eigenvalue weighted by atomic mass is 10.2. The second kappa shape index (κ2) is 14.3. The SMILES string of the molecule is CC.CC.CCc1ccccc1.CS(=O)(=O)c1ccccc1. The van der Waals surface area contributed by atoms with Gasteiger partial charge in [-0.1, -0.05) is 83.1 Å². The van der Waals surface area contributed by atoms with Gasteiger partial charge in [-0.25, -0.2) is 8.42 Å². The van der Waals surface area contributed by atoms with Crippen LogP contribution in [0.3, 0.4) is 0 Å². The van der Waals surface area contributed by atoms with Crippen LogP contribution in [0, 0.1) is 0 Å². The minimum Gasteiger partial charge on any atom is -0.224 e. The molecule has 124 valence electrons. The van der Waals surface area contributed by atoms with Crippen molar-refractivity contribution in [2.45, 2.75) is 45.9 Å². The van der Waals surface area contributed by atoms with Gasteiger partial charge in [0.2, 0.25) is 0 Å². The van der Waals surface area contributed by atoms with Gasteiger partial charge in [0.15, 0.2) is 9.84 Å². The Balaban J connectivity index is 0. The van der Waals surface area contributed by atoms with Gasteiger partial charge in [0, 0.05) is 6.26 Å². The molecular formula is C19H30O2S. The smallest absolute Gasteiger partial charge is 0.175 e. The molecule has 0 aliphatic heterocycles. The van der Waals surface area contributed by atoms with Gasteiger partial charge < -0.3 is 0 Å². The molecule has 22 heavy (non-hydrogen) atoms. The monoisotopic (exact) mass is 322 g/mol. The average molecular weight is 323 g/mol. The second-order valence-electron chi connectivity index (χ2n) is 3.92. The first kappa shape index (κ1) is 22.7. The van der Waals surface area contributed by atoms with E-state index in [1.54, 1.807) is 30.3 Å². The van der Waals surface area contributed by atoms with E-state index in [4.69, 9.17) is 0 Å². The van der Waals surface area contributed by atoms with Crippen LogP contribution in [-0.4, -0.2) is 14.7 Å². The predicted octanol–water partition coefficient (Wildman–Crippen LogP) is 5.39. The average Bonchev–Trinajstić information content (AvgIpc) is 2.60. The topological polar surface area (TPSA) is 34.1 Å². The van der Waals surface area contributed by atoms with Crippen molar-refractivity contribution in [3.8, 4) is 0 Å². The first-order valence-electron chi connectivity index (χ1n) is 7.83. The molecule has 0 aliphatic rings. The fourth-order valence-electron chi connectivity index (χ4n) is 1.38. The maximum absolute atomic E-state index is 10.8. The minimum atomic E-state index is -3.00. The molecule has 0 unspecified atom stereocenters. The summed E-state index contributed by atoms with van der Waals surface area (Å²) in [5.74, 6) is 0. The van der Waals surface area contributed by atoms with Crippen molar-refractivity contribution in [3.63, 3.8) is 0 Å². The van der Waals surface area contributed by atoms with Crippen LogP contribution in [0.1, 0.15) is 40.2 Å². The molecular weight excluding hydrogens is 292 g/mol. The van der Waals surface area contributed by atoms with E-state index in [1.807, 2.05) is 33.8 Å². The van der Waals surface area contributed by atoms with E-state index in [1.165, 1.54) is 11.8 Å². The lowest BCUT2D eigenvalue weighted by molar-refractivity contribution is 0.602. The van der Waals surface area contributed by atoms with E-state index in [2.05, 4.69) is 31.2 Å². The summed E-state index contributed by atoms with van der Waals surface area (Å²) in [5.41, 5.74) is 1.41. The van der Waals surface area contributed by atoms with Gasteiger partial charge >= 0.3 is 0 Å². The Bertz CT molecular complexity index is 547. The van der Waals surface area contributed by atoms with Gasteiger partial charge in [0.1, 0.15) is 0 Å². The summed E-state index contributed by atoms with van der Waals surface area (Å²) in [7, 11) is -3.00. The third-order valence-electron chi connectivity index (χ3n) is 2.42. The summed E-state index contributed by atoms with van der Waals surface area (Å²) in [5, 5.41) is 0. The van der Waals surface area contributed by atoms with E-state index >= 15 is 0 Å². The number of rotatable bonds is 2. The molecule has 0 atom stereocenters. The highest BCUT2D eigenvalue weighted by molar-refractivity contribution is 7.90. The van der Waals surface area contributed by atoms with Gasteiger partial charge in [-0.3, -0.25) is 0 Å². The minimum absolute atomic E-state index is 0.370. The van der Waals surface area contributed by atoms with Gasteiger partial charge in [-0.2, -0.15) is 0 Å². The van der Waals surface area contributed by atoms with Crippen molar-refractivity contribution in [1.29, 1.82) is 0 Å². The highest BCUT2D eigenvalue weighted by atomic mass is 32.2. The van der Waals surface area contributed by atoms with Crippen LogP contribution in [0.15, 0.2) is 65.6 Å². The Kier molecular flexibility index (Phi) is 14.8. The zero-order valence-electron chi connectivity index (χ0n) is 14.7. The zero-order chi connectivity index (χ0) is 17.4. The molecule has 0 saturated heterocycles. The molecule has 0 aliphatic carbocycles. The van der Waals surface area contributed by atoms with Crippen LogP contribution in [0.2, 0.25) is 0 Å². The van der Waals surface area contributed by atoms with Crippen LogP contribution in [-0.2, 0) is 16.3 Å². The fourth-order valence-corrected chi connectivity index (χ4v) is 2.03. The Morgan fingerprint density at radius 2 is 1.09 bits per heavy atom. The van der Waals surface area contributed by atoms with Gasteiger partial charge in [-0.05, 0) is 24.1 Å². The first-order valence-corrected chi connectivity index (χ1v) is 9.72. The third-order valence-corrected chi connectivity index (χ3v) is 3.55. The van der Waals surface area contributed by atoms with E-state index in [9.17, 15) is 8.42 Å². The predicted molar refractivity (Wildman–Crippen MR) is 98.1 cm³/mol. The largest absolute Gasteiger partial charge is 0.224 e. The summed E-state index contributed by atoms with van der Waals surface area (Å²) in [6.07, 6.45) is 2.34. The highest BCUT2D eigenvalue weighted by Crippen LogP contribution is 2.05. The van der Waals surface area contributed by atoms with Crippen molar-refractivity contribution in [1.82, 2.24) is 0 Å².